The maximum absolute atomic E-state index is 12.8. The van der Waals surface area contributed by atoms with Gasteiger partial charge in [-0.15, -0.1) is 0 Å². The molecular formula is C15H19F3. The Morgan fingerprint density at radius 2 is 1.89 bits per heavy atom. The van der Waals surface area contributed by atoms with Gasteiger partial charge in [0.05, 0.1) is 5.56 Å². The van der Waals surface area contributed by atoms with Gasteiger partial charge < -0.3 is 0 Å². The Morgan fingerprint density at radius 1 is 1.22 bits per heavy atom. The summed E-state index contributed by atoms with van der Waals surface area (Å²) < 4.78 is 38.5. The molecule has 0 spiro atoms. The number of hydrogen-bond acceptors (Lipinski definition) is 0. The maximum Gasteiger partial charge on any atom is 0.416 e. The average molecular weight is 256 g/mol. The van der Waals surface area contributed by atoms with Gasteiger partial charge in [-0.1, -0.05) is 38.5 Å². The molecule has 0 aromatic heterocycles. The fourth-order valence-electron chi connectivity index (χ4n) is 2.01. The number of aryl methyl sites for hydroxylation is 1. The van der Waals surface area contributed by atoms with E-state index in [0.29, 0.717) is 5.56 Å². The second-order valence-corrected chi connectivity index (χ2v) is 4.42. The van der Waals surface area contributed by atoms with Crippen LogP contribution in [0.2, 0.25) is 0 Å². The lowest BCUT2D eigenvalue weighted by Crippen LogP contribution is -2.08. The van der Waals surface area contributed by atoms with E-state index in [1.54, 1.807) is 12.1 Å². The van der Waals surface area contributed by atoms with E-state index in [9.17, 15) is 13.2 Å². The average Bonchev–Trinajstić information content (AvgIpc) is 2.28. The summed E-state index contributed by atoms with van der Waals surface area (Å²) >= 11 is 0. The van der Waals surface area contributed by atoms with Crippen molar-refractivity contribution in [1.82, 2.24) is 0 Å². The van der Waals surface area contributed by atoms with E-state index in [2.05, 4.69) is 0 Å². The smallest absolute Gasteiger partial charge is 0.166 e. The highest BCUT2D eigenvalue weighted by atomic mass is 19.4. The molecule has 0 unspecified atom stereocenters. The number of benzene rings is 1. The summed E-state index contributed by atoms with van der Waals surface area (Å²) in [6, 6.07) is 4.60. The molecule has 0 amide bonds. The molecule has 3 heteroatoms. The molecule has 18 heavy (non-hydrogen) atoms. The highest BCUT2D eigenvalue weighted by Gasteiger charge is 2.32. The number of alkyl halides is 3. The Morgan fingerprint density at radius 3 is 2.39 bits per heavy atom. The molecule has 0 saturated carbocycles. The summed E-state index contributed by atoms with van der Waals surface area (Å²) in [6.45, 7) is 5.52. The van der Waals surface area contributed by atoms with Crippen LogP contribution in [-0.4, -0.2) is 0 Å². The molecule has 100 valence electrons. The predicted octanol–water partition coefficient (Wildman–Crippen LogP) is 5.61. The van der Waals surface area contributed by atoms with Gasteiger partial charge in [-0.3, -0.25) is 0 Å². The Bertz CT molecular complexity index is 428. The fraction of sp³-hybridized carbons (Fsp3) is 0.467. The minimum absolute atomic E-state index is 0.276. The highest BCUT2D eigenvalue weighted by molar-refractivity contribution is 5.66. The van der Waals surface area contributed by atoms with Crippen LogP contribution in [0.4, 0.5) is 13.2 Å². The van der Waals surface area contributed by atoms with Crippen molar-refractivity contribution >= 4 is 5.57 Å². The second-order valence-electron chi connectivity index (χ2n) is 4.42. The van der Waals surface area contributed by atoms with Crippen LogP contribution < -0.4 is 0 Å². The van der Waals surface area contributed by atoms with Gasteiger partial charge in [0.1, 0.15) is 0 Å². The molecule has 1 rings (SSSR count). The van der Waals surface area contributed by atoms with Gasteiger partial charge in [0.2, 0.25) is 0 Å². The minimum atomic E-state index is -4.27. The van der Waals surface area contributed by atoms with E-state index in [1.165, 1.54) is 13.0 Å². The Balaban J connectivity index is 3.22. The summed E-state index contributed by atoms with van der Waals surface area (Å²) in [4.78, 5) is 0. The lowest BCUT2D eigenvalue weighted by atomic mass is 9.96. The van der Waals surface area contributed by atoms with Crippen molar-refractivity contribution in [1.29, 1.82) is 0 Å². The fourth-order valence-corrected chi connectivity index (χ4v) is 2.01. The summed E-state index contributed by atoms with van der Waals surface area (Å²) in [5, 5.41) is 0. The largest absolute Gasteiger partial charge is 0.416 e. The Kier molecular flexibility index (Phi) is 5.00. The minimum Gasteiger partial charge on any atom is -0.166 e. The van der Waals surface area contributed by atoms with Crippen molar-refractivity contribution in [2.45, 2.75) is 46.2 Å². The third kappa shape index (κ3) is 3.62. The molecule has 0 aliphatic rings. The van der Waals surface area contributed by atoms with Gasteiger partial charge in [0.25, 0.3) is 0 Å². The summed E-state index contributed by atoms with van der Waals surface area (Å²) in [6.07, 6.45) is 0.317. The standard InChI is InChI=1S/C15H19F3/c1-4-6-12(7-5-2)13-9-8-11(3)14(10-13)15(16,17)18/h6,8-10H,4-5,7H2,1-3H3/b12-6+. The van der Waals surface area contributed by atoms with Crippen molar-refractivity contribution in [3.63, 3.8) is 0 Å². The van der Waals surface area contributed by atoms with E-state index in [4.69, 9.17) is 0 Å². The summed E-state index contributed by atoms with van der Waals surface area (Å²) in [5.74, 6) is 0. The highest BCUT2D eigenvalue weighted by Crippen LogP contribution is 2.34. The van der Waals surface area contributed by atoms with Crippen LogP contribution in [0.3, 0.4) is 0 Å². The molecule has 0 N–H and O–H groups in total. The second kappa shape index (κ2) is 6.07. The predicted molar refractivity (Wildman–Crippen MR) is 69.4 cm³/mol. The zero-order valence-electron chi connectivity index (χ0n) is 11.1. The van der Waals surface area contributed by atoms with Crippen LogP contribution in [0, 0.1) is 6.92 Å². The molecule has 0 atom stereocenters. The van der Waals surface area contributed by atoms with E-state index in [0.717, 1.165) is 24.8 Å². The quantitative estimate of drug-likeness (QED) is 0.657. The summed E-state index contributed by atoms with van der Waals surface area (Å²) in [5.41, 5.74) is 1.44. The van der Waals surface area contributed by atoms with Crippen molar-refractivity contribution in [3.05, 3.63) is 41.0 Å². The molecule has 0 aliphatic carbocycles. The topological polar surface area (TPSA) is 0 Å². The lowest BCUT2D eigenvalue weighted by molar-refractivity contribution is -0.138. The first-order chi connectivity index (χ1) is 8.40. The first kappa shape index (κ1) is 14.8. The third-order valence-electron chi connectivity index (χ3n) is 2.88. The van der Waals surface area contributed by atoms with Gasteiger partial charge in [0.15, 0.2) is 0 Å². The zero-order valence-corrected chi connectivity index (χ0v) is 11.1. The lowest BCUT2D eigenvalue weighted by Gasteiger charge is -2.14. The number of halogens is 3. The van der Waals surface area contributed by atoms with E-state index in [-0.39, 0.29) is 5.56 Å². The Labute approximate surface area is 107 Å². The van der Waals surface area contributed by atoms with Gasteiger partial charge in [0, 0.05) is 0 Å². The molecule has 0 bridgehead atoms. The van der Waals surface area contributed by atoms with Crippen LogP contribution in [0.15, 0.2) is 24.3 Å². The SMILES string of the molecule is CC/C=C(\CCC)c1ccc(C)c(C(F)(F)F)c1. The molecular weight excluding hydrogens is 237 g/mol. The van der Waals surface area contributed by atoms with Crippen molar-refractivity contribution in [3.8, 4) is 0 Å². The molecule has 0 saturated heterocycles. The van der Waals surface area contributed by atoms with Crippen LogP contribution in [0.25, 0.3) is 5.57 Å². The molecule has 0 fully saturated rings. The first-order valence-electron chi connectivity index (χ1n) is 6.27. The van der Waals surface area contributed by atoms with Crippen molar-refractivity contribution in [2.24, 2.45) is 0 Å². The van der Waals surface area contributed by atoms with E-state index < -0.39 is 11.7 Å². The van der Waals surface area contributed by atoms with Gasteiger partial charge >= 0.3 is 6.18 Å². The number of rotatable bonds is 4. The van der Waals surface area contributed by atoms with Crippen LogP contribution in [0.1, 0.15) is 49.8 Å². The van der Waals surface area contributed by atoms with Gasteiger partial charge in [-0.2, -0.15) is 13.2 Å². The molecule has 0 radical (unpaired) electrons. The molecule has 1 aromatic rings. The van der Waals surface area contributed by atoms with Crippen LogP contribution in [-0.2, 0) is 6.18 Å². The van der Waals surface area contributed by atoms with Gasteiger partial charge in [-0.25, -0.2) is 0 Å². The normalized spacial score (nSPS) is 12.9. The first-order valence-corrected chi connectivity index (χ1v) is 6.27. The monoisotopic (exact) mass is 256 g/mol. The van der Waals surface area contributed by atoms with Crippen LogP contribution >= 0.6 is 0 Å². The van der Waals surface area contributed by atoms with E-state index >= 15 is 0 Å². The van der Waals surface area contributed by atoms with Crippen LogP contribution in [0.5, 0.6) is 0 Å². The van der Waals surface area contributed by atoms with Crippen molar-refractivity contribution < 1.29 is 13.2 Å². The summed E-state index contributed by atoms with van der Waals surface area (Å²) in [7, 11) is 0. The zero-order chi connectivity index (χ0) is 13.8. The van der Waals surface area contributed by atoms with E-state index in [1.807, 2.05) is 19.9 Å². The van der Waals surface area contributed by atoms with Gasteiger partial charge in [-0.05, 0) is 42.5 Å². The third-order valence-corrected chi connectivity index (χ3v) is 2.88. The Hall–Kier alpha value is -1.25. The molecule has 0 aliphatic heterocycles. The molecule has 1 aromatic carbocycles. The number of hydrogen-bond donors (Lipinski definition) is 0. The van der Waals surface area contributed by atoms with Crippen molar-refractivity contribution in [2.75, 3.05) is 0 Å². The molecule has 0 nitrogen and oxygen atoms in total. The maximum atomic E-state index is 12.8. The number of allylic oxidation sites excluding steroid dienone is 2. The molecule has 0 heterocycles.